The molecule has 3 aromatic rings. The van der Waals surface area contributed by atoms with E-state index in [2.05, 4.69) is 29.6 Å². The number of aliphatic hydroxyl groups excluding tert-OH is 1. The molecule has 198 valence electrons. The summed E-state index contributed by atoms with van der Waals surface area (Å²) in [6.07, 6.45) is 0.216. The molecule has 0 unspecified atom stereocenters. The van der Waals surface area contributed by atoms with Crippen molar-refractivity contribution in [2.24, 2.45) is 0 Å². The molecule has 2 saturated heterocycles. The monoisotopic (exact) mass is 514 g/mol. The Labute approximate surface area is 223 Å². The summed E-state index contributed by atoms with van der Waals surface area (Å²) in [5.74, 6) is -0.195. The molecule has 0 aromatic heterocycles. The Balaban J connectivity index is 1.16. The number of nitrogens with one attached hydrogen (secondary N) is 1. The van der Waals surface area contributed by atoms with E-state index in [-0.39, 0.29) is 56.2 Å². The van der Waals surface area contributed by atoms with E-state index in [1.165, 1.54) is 0 Å². The molecule has 7 nitrogen and oxygen atoms in total. The summed E-state index contributed by atoms with van der Waals surface area (Å²) in [5.41, 5.74) is 3.91. The van der Waals surface area contributed by atoms with E-state index < -0.39 is 6.10 Å². The van der Waals surface area contributed by atoms with Crippen molar-refractivity contribution in [2.45, 2.75) is 50.2 Å². The lowest BCUT2D eigenvalue weighted by Gasteiger charge is -2.44. The first-order chi connectivity index (χ1) is 18.6. The number of rotatable bonds is 6. The molecule has 3 aromatic carbocycles. The van der Waals surface area contributed by atoms with E-state index >= 15 is 0 Å². The molecule has 2 amide bonds. The summed E-state index contributed by atoms with van der Waals surface area (Å²) in [7, 11) is 0. The van der Waals surface area contributed by atoms with Crippen molar-refractivity contribution in [1.82, 2.24) is 10.2 Å². The smallest absolute Gasteiger partial charge is 0.254 e. The van der Waals surface area contributed by atoms with Crippen LogP contribution in [-0.4, -0.2) is 65.9 Å². The van der Waals surface area contributed by atoms with Gasteiger partial charge in [0, 0.05) is 18.7 Å². The van der Waals surface area contributed by atoms with Gasteiger partial charge in [-0.25, -0.2) is 0 Å². The van der Waals surface area contributed by atoms with Crippen LogP contribution in [0.25, 0.3) is 11.1 Å². The van der Waals surface area contributed by atoms with Crippen LogP contribution in [0.2, 0.25) is 0 Å². The lowest BCUT2D eigenvalue weighted by atomic mass is 9.94. The van der Waals surface area contributed by atoms with Crippen molar-refractivity contribution in [1.29, 1.82) is 0 Å². The number of hydrogen-bond acceptors (Lipinski definition) is 5. The summed E-state index contributed by atoms with van der Waals surface area (Å²) in [4.78, 5) is 27.8. The number of aliphatic hydroxyl groups is 1. The SMILES string of the molecule is O=C(C[C@H]1CC[C@H]2[C@@H](COC[C@@H](O)CN2C(=O)c2ccccc2)O1)NCc1ccc(-c2ccccc2)cc1. The Hall–Kier alpha value is -3.52. The number of β-amino-alcohol motifs (C(OH)–C–C–N with tert-alkyl or cyclic N) is 1. The van der Waals surface area contributed by atoms with Crippen LogP contribution in [0.15, 0.2) is 84.9 Å². The first-order valence-corrected chi connectivity index (χ1v) is 13.2. The van der Waals surface area contributed by atoms with Crippen LogP contribution in [0, 0.1) is 0 Å². The maximum absolute atomic E-state index is 13.3. The Morgan fingerprint density at radius 1 is 0.868 bits per heavy atom. The van der Waals surface area contributed by atoms with Gasteiger partial charge in [-0.15, -0.1) is 0 Å². The summed E-state index contributed by atoms with van der Waals surface area (Å²) in [5, 5.41) is 13.4. The van der Waals surface area contributed by atoms with Crippen LogP contribution in [0.3, 0.4) is 0 Å². The van der Waals surface area contributed by atoms with E-state index in [0.717, 1.165) is 16.7 Å². The first-order valence-electron chi connectivity index (χ1n) is 13.2. The number of fused-ring (bicyclic) bond motifs is 1. The van der Waals surface area contributed by atoms with Crippen molar-refractivity contribution in [3.8, 4) is 11.1 Å². The number of nitrogens with zero attached hydrogens (tertiary/aromatic N) is 1. The second-order valence-electron chi connectivity index (χ2n) is 10.00. The molecule has 2 N–H and O–H groups in total. The predicted molar refractivity (Wildman–Crippen MR) is 144 cm³/mol. The van der Waals surface area contributed by atoms with Gasteiger partial charge < -0.3 is 24.8 Å². The lowest BCUT2D eigenvalue weighted by Crippen LogP contribution is -2.57. The van der Waals surface area contributed by atoms with Gasteiger partial charge in [-0.2, -0.15) is 0 Å². The van der Waals surface area contributed by atoms with E-state index in [9.17, 15) is 14.7 Å². The van der Waals surface area contributed by atoms with Crippen LogP contribution in [-0.2, 0) is 20.8 Å². The van der Waals surface area contributed by atoms with E-state index in [0.29, 0.717) is 24.9 Å². The second kappa shape index (κ2) is 12.3. The first kappa shape index (κ1) is 26.1. The van der Waals surface area contributed by atoms with Gasteiger partial charge in [-0.05, 0) is 41.7 Å². The molecule has 0 aliphatic carbocycles. The Morgan fingerprint density at radius 3 is 2.29 bits per heavy atom. The molecular weight excluding hydrogens is 480 g/mol. The minimum absolute atomic E-state index is 0.0695. The van der Waals surface area contributed by atoms with Crippen LogP contribution >= 0.6 is 0 Å². The Bertz CT molecular complexity index is 1200. The number of carbonyl (C=O) groups is 2. The molecule has 38 heavy (non-hydrogen) atoms. The molecule has 0 spiro atoms. The third-order valence-electron chi connectivity index (χ3n) is 7.23. The Morgan fingerprint density at radius 2 is 1.55 bits per heavy atom. The lowest BCUT2D eigenvalue weighted by molar-refractivity contribution is -0.151. The third-order valence-corrected chi connectivity index (χ3v) is 7.23. The molecule has 2 aliphatic rings. The quantitative estimate of drug-likeness (QED) is 0.522. The standard InChI is InChI=1S/C31H34N2O5/c34-26-19-33(31(36)25-9-5-2-6-10-25)28-16-15-27(38-29(28)21-37-20-26)17-30(35)32-18-22-11-13-24(14-12-22)23-7-3-1-4-8-23/h1-14,26-29,34H,15-21H2,(H,32,35)/t26-,27+,28-,29+/m0/s1. The fourth-order valence-electron chi connectivity index (χ4n) is 5.25. The van der Waals surface area contributed by atoms with Gasteiger partial charge >= 0.3 is 0 Å². The highest BCUT2D eigenvalue weighted by Gasteiger charge is 2.40. The van der Waals surface area contributed by atoms with E-state index in [4.69, 9.17) is 9.47 Å². The van der Waals surface area contributed by atoms with Crippen molar-refractivity contribution >= 4 is 11.8 Å². The highest BCUT2D eigenvalue weighted by atomic mass is 16.5. The summed E-state index contributed by atoms with van der Waals surface area (Å²) in [6, 6.07) is 27.3. The molecule has 2 fully saturated rings. The summed E-state index contributed by atoms with van der Waals surface area (Å²) in [6.45, 7) is 1.05. The van der Waals surface area contributed by atoms with Gasteiger partial charge in [-0.3, -0.25) is 9.59 Å². The largest absolute Gasteiger partial charge is 0.389 e. The van der Waals surface area contributed by atoms with Gasteiger partial charge in [-0.1, -0.05) is 72.8 Å². The van der Waals surface area contributed by atoms with Crippen molar-refractivity contribution < 1.29 is 24.2 Å². The zero-order chi connectivity index (χ0) is 26.3. The van der Waals surface area contributed by atoms with Crippen molar-refractivity contribution in [3.05, 3.63) is 96.1 Å². The number of amides is 2. The molecule has 2 aliphatic heterocycles. The average Bonchev–Trinajstić information content (AvgIpc) is 2.95. The van der Waals surface area contributed by atoms with Gasteiger partial charge in [0.1, 0.15) is 6.10 Å². The van der Waals surface area contributed by atoms with Crippen LogP contribution in [0.5, 0.6) is 0 Å². The zero-order valence-corrected chi connectivity index (χ0v) is 21.4. The highest BCUT2D eigenvalue weighted by molar-refractivity contribution is 5.94. The minimum atomic E-state index is -0.756. The molecule has 2 heterocycles. The van der Waals surface area contributed by atoms with E-state index in [1.807, 2.05) is 48.5 Å². The minimum Gasteiger partial charge on any atom is -0.389 e. The number of hydrogen-bond donors (Lipinski definition) is 2. The maximum atomic E-state index is 13.3. The van der Waals surface area contributed by atoms with Crippen molar-refractivity contribution in [3.63, 3.8) is 0 Å². The molecule has 0 radical (unpaired) electrons. The number of ether oxygens (including phenoxy) is 2. The number of carbonyl (C=O) groups excluding carboxylic acids is 2. The van der Waals surface area contributed by atoms with Gasteiger partial charge in [0.05, 0.1) is 37.9 Å². The topological polar surface area (TPSA) is 88.1 Å². The fourth-order valence-corrected chi connectivity index (χ4v) is 5.25. The fraction of sp³-hybridized carbons (Fsp3) is 0.355. The summed E-state index contributed by atoms with van der Waals surface area (Å²) < 4.78 is 12.0. The van der Waals surface area contributed by atoms with Crippen molar-refractivity contribution in [2.75, 3.05) is 19.8 Å². The molecule has 0 bridgehead atoms. The van der Waals surface area contributed by atoms with Crippen LogP contribution in [0.4, 0.5) is 0 Å². The zero-order valence-electron chi connectivity index (χ0n) is 21.4. The van der Waals surface area contributed by atoms with E-state index in [1.54, 1.807) is 17.0 Å². The Kier molecular flexibility index (Phi) is 8.48. The van der Waals surface area contributed by atoms with Crippen LogP contribution < -0.4 is 5.32 Å². The number of benzene rings is 3. The average molecular weight is 515 g/mol. The molecule has 4 atom stereocenters. The molecular formula is C31H34N2O5. The van der Waals surface area contributed by atoms with Gasteiger partial charge in [0.2, 0.25) is 5.91 Å². The maximum Gasteiger partial charge on any atom is 0.254 e. The third kappa shape index (κ3) is 6.48. The normalized spacial score (nSPS) is 23.6. The molecule has 0 saturated carbocycles. The molecule has 5 rings (SSSR count). The predicted octanol–water partition coefficient (Wildman–Crippen LogP) is 3.81. The van der Waals surface area contributed by atoms with Crippen LogP contribution in [0.1, 0.15) is 35.2 Å². The summed E-state index contributed by atoms with van der Waals surface area (Å²) >= 11 is 0. The van der Waals surface area contributed by atoms with Gasteiger partial charge in [0.15, 0.2) is 0 Å². The molecule has 7 heteroatoms. The highest BCUT2D eigenvalue weighted by Crippen LogP contribution is 2.29. The second-order valence-corrected chi connectivity index (χ2v) is 10.00. The van der Waals surface area contributed by atoms with Gasteiger partial charge in [0.25, 0.3) is 5.91 Å².